The molecule has 58 valence electrons. The monoisotopic (exact) mass is 353 g/mol. The fourth-order valence-corrected chi connectivity index (χ4v) is 1.19. The Morgan fingerprint density at radius 1 is 1.25 bits per heavy atom. The molecule has 0 saturated heterocycles. The summed E-state index contributed by atoms with van der Waals surface area (Å²) >= 11 is 0. The number of carbonyl (C=O) groups is 1. The minimum Gasteiger partial charge on any atom is -0.360 e. The molecule has 1 aromatic heterocycles. The van der Waals surface area contributed by atoms with Gasteiger partial charge in [-0.05, 0) is 6.07 Å². The van der Waals surface area contributed by atoms with Crippen molar-refractivity contribution < 1.29 is 4.79 Å². The van der Waals surface area contributed by atoms with E-state index in [-0.39, 0.29) is 27.3 Å². The van der Waals surface area contributed by atoms with Crippen LogP contribution in [0.25, 0.3) is 10.9 Å². The Bertz CT molecular complexity index is 394. The van der Waals surface area contributed by atoms with Crippen LogP contribution in [-0.2, 0) is 0 Å². The van der Waals surface area contributed by atoms with Crippen LogP contribution in [0.15, 0.2) is 30.5 Å². The molecule has 0 bridgehead atoms. The van der Waals surface area contributed by atoms with Gasteiger partial charge in [-0.2, -0.15) is 0 Å². The summed E-state index contributed by atoms with van der Waals surface area (Å²) in [7, 11) is 0. The van der Waals surface area contributed by atoms with Gasteiger partial charge in [-0.1, -0.05) is 18.2 Å². The SMILES string of the molecule is O=Cc1c[nH]c2ccccc12.[Pb]. The zero-order chi connectivity index (χ0) is 7.68. The van der Waals surface area contributed by atoms with E-state index in [1.165, 1.54) is 0 Å². The Balaban J connectivity index is 0.000000720. The smallest absolute Gasteiger partial charge is 0.152 e. The first kappa shape index (κ1) is 9.44. The summed E-state index contributed by atoms with van der Waals surface area (Å²) in [6.45, 7) is 0. The number of hydrogen-bond donors (Lipinski definition) is 1. The van der Waals surface area contributed by atoms with E-state index in [4.69, 9.17) is 0 Å². The van der Waals surface area contributed by atoms with Crippen LogP contribution in [0.2, 0.25) is 0 Å². The molecule has 0 aliphatic heterocycles. The average molecular weight is 352 g/mol. The predicted octanol–water partition coefficient (Wildman–Crippen LogP) is 1.60. The molecule has 12 heavy (non-hydrogen) atoms. The molecule has 0 fully saturated rings. The maximum atomic E-state index is 10.5. The third kappa shape index (κ3) is 1.43. The van der Waals surface area contributed by atoms with Gasteiger partial charge >= 0.3 is 0 Å². The van der Waals surface area contributed by atoms with Crippen LogP contribution in [0, 0.1) is 0 Å². The van der Waals surface area contributed by atoms with Gasteiger partial charge < -0.3 is 4.98 Å². The number of aromatic nitrogens is 1. The predicted molar refractivity (Wildman–Crippen MR) is 49.4 cm³/mol. The van der Waals surface area contributed by atoms with Crippen molar-refractivity contribution in [2.24, 2.45) is 0 Å². The summed E-state index contributed by atoms with van der Waals surface area (Å²) in [5.74, 6) is 0. The van der Waals surface area contributed by atoms with Gasteiger partial charge in [-0.25, -0.2) is 0 Å². The summed E-state index contributed by atoms with van der Waals surface area (Å²) in [5.41, 5.74) is 1.73. The Kier molecular flexibility index (Phi) is 3.02. The second-order valence-electron chi connectivity index (χ2n) is 2.41. The zero-order valence-electron chi connectivity index (χ0n) is 6.37. The second-order valence-corrected chi connectivity index (χ2v) is 2.41. The summed E-state index contributed by atoms with van der Waals surface area (Å²) in [5, 5.41) is 0.988. The number of para-hydroxylation sites is 1. The van der Waals surface area contributed by atoms with Crippen LogP contribution < -0.4 is 0 Å². The van der Waals surface area contributed by atoms with E-state index in [9.17, 15) is 4.79 Å². The quantitative estimate of drug-likeness (QED) is 0.614. The minimum atomic E-state index is 0. The average Bonchev–Trinajstić information content (AvgIpc) is 2.47. The van der Waals surface area contributed by atoms with Crippen molar-refractivity contribution in [3.8, 4) is 0 Å². The van der Waals surface area contributed by atoms with Gasteiger partial charge in [0.15, 0.2) is 6.29 Å². The number of H-pyrrole nitrogens is 1. The van der Waals surface area contributed by atoms with Crippen molar-refractivity contribution in [1.82, 2.24) is 4.98 Å². The number of aldehydes is 1. The Morgan fingerprint density at radius 3 is 2.75 bits per heavy atom. The van der Waals surface area contributed by atoms with Gasteiger partial charge in [0.25, 0.3) is 0 Å². The molecule has 0 amide bonds. The van der Waals surface area contributed by atoms with Crippen LogP contribution in [0.5, 0.6) is 0 Å². The van der Waals surface area contributed by atoms with Gasteiger partial charge in [0.1, 0.15) is 0 Å². The number of benzene rings is 1. The van der Waals surface area contributed by atoms with Crippen LogP contribution in [0.1, 0.15) is 10.4 Å². The minimum absolute atomic E-state index is 0. The molecule has 0 spiro atoms. The molecule has 0 aliphatic rings. The van der Waals surface area contributed by atoms with Crippen molar-refractivity contribution in [1.29, 1.82) is 0 Å². The second kappa shape index (κ2) is 3.84. The van der Waals surface area contributed by atoms with Crippen molar-refractivity contribution in [3.05, 3.63) is 36.0 Å². The largest absolute Gasteiger partial charge is 0.360 e. The molecule has 1 heterocycles. The van der Waals surface area contributed by atoms with E-state index in [1.54, 1.807) is 6.20 Å². The van der Waals surface area contributed by atoms with E-state index < -0.39 is 0 Å². The fraction of sp³-hybridized carbons (Fsp3) is 0. The molecule has 2 rings (SSSR count). The number of carbonyl (C=O) groups excluding carboxylic acids is 1. The number of aromatic amines is 1. The molecular formula is C9H7NOPb. The van der Waals surface area contributed by atoms with E-state index in [2.05, 4.69) is 4.98 Å². The molecule has 0 atom stereocenters. The van der Waals surface area contributed by atoms with E-state index in [0.717, 1.165) is 22.8 Å². The molecule has 1 N–H and O–H groups in total. The summed E-state index contributed by atoms with van der Waals surface area (Å²) in [6, 6.07) is 7.73. The first-order chi connectivity index (χ1) is 5.42. The van der Waals surface area contributed by atoms with Crippen molar-refractivity contribution in [2.75, 3.05) is 0 Å². The molecule has 0 aliphatic carbocycles. The van der Waals surface area contributed by atoms with Crippen LogP contribution in [0.4, 0.5) is 0 Å². The Hall–Kier alpha value is -0.648. The normalized spacial score (nSPS) is 9.33. The molecule has 2 nitrogen and oxygen atoms in total. The number of hydrogen-bond acceptors (Lipinski definition) is 1. The van der Waals surface area contributed by atoms with Crippen molar-refractivity contribution >= 4 is 44.5 Å². The topological polar surface area (TPSA) is 32.9 Å². The maximum absolute atomic E-state index is 10.5. The summed E-state index contributed by atoms with van der Waals surface area (Å²) < 4.78 is 0. The summed E-state index contributed by atoms with van der Waals surface area (Å²) in [6.07, 6.45) is 2.58. The van der Waals surface area contributed by atoms with Crippen molar-refractivity contribution in [2.45, 2.75) is 0 Å². The first-order valence-corrected chi connectivity index (χ1v) is 3.43. The van der Waals surface area contributed by atoms with Gasteiger partial charge in [0.2, 0.25) is 0 Å². The maximum Gasteiger partial charge on any atom is 0.152 e. The number of fused-ring (bicyclic) bond motifs is 1. The Labute approximate surface area is 90.1 Å². The fourth-order valence-electron chi connectivity index (χ4n) is 1.19. The van der Waals surface area contributed by atoms with Crippen LogP contribution in [0.3, 0.4) is 0 Å². The molecule has 3 heteroatoms. The third-order valence-electron chi connectivity index (χ3n) is 1.75. The number of nitrogens with one attached hydrogen (secondary N) is 1. The van der Waals surface area contributed by atoms with E-state index in [1.807, 2.05) is 24.3 Å². The molecular weight excluding hydrogens is 345 g/mol. The third-order valence-corrected chi connectivity index (χ3v) is 1.75. The Morgan fingerprint density at radius 2 is 2.00 bits per heavy atom. The van der Waals surface area contributed by atoms with Crippen LogP contribution in [-0.4, -0.2) is 38.6 Å². The molecule has 1 aromatic carbocycles. The van der Waals surface area contributed by atoms with Crippen molar-refractivity contribution in [3.63, 3.8) is 0 Å². The standard InChI is InChI=1S/C9H7NO.Pb/c11-6-7-5-10-9-4-2-1-3-8(7)9;/h1-6,10H;. The number of rotatable bonds is 1. The molecule has 2 aromatic rings. The van der Waals surface area contributed by atoms with E-state index in [0.29, 0.717) is 0 Å². The van der Waals surface area contributed by atoms with Crippen LogP contribution >= 0.6 is 0 Å². The molecule has 0 saturated carbocycles. The van der Waals surface area contributed by atoms with E-state index >= 15 is 0 Å². The zero-order valence-corrected chi connectivity index (χ0v) is 10.3. The van der Waals surface area contributed by atoms with Gasteiger partial charge in [0.05, 0.1) is 0 Å². The van der Waals surface area contributed by atoms with Gasteiger partial charge in [0, 0.05) is 50.0 Å². The first-order valence-electron chi connectivity index (χ1n) is 3.43. The molecule has 0 unspecified atom stereocenters. The van der Waals surface area contributed by atoms with Gasteiger partial charge in [-0.3, -0.25) is 4.79 Å². The summed E-state index contributed by atoms with van der Waals surface area (Å²) in [4.78, 5) is 13.5. The molecule has 4 radical (unpaired) electrons. The van der Waals surface area contributed by atoms with Gasteiger partial charge in [-0.15, -0.1) is 0 Å².